The van der Waals surface area contributed by atoms with Gasteiger partial charge in [0.15, 0.2) is 0 Å². The van der Waals surface area contributed by atoms with Crippen molar-refractivity contribution in [2.45, 2.75) is 38.3 Å². The third-order valence-electron chi connectivity index (χ3n) is 5.82. The number of fused-ring (bicyclic) bond motifs is 1. The van der Waals surface area contributed by atoms with Crippen molar-refractivity contribution in [3.05, 3.63) is 48.0 Å². The fourth-order valence-electron chi connectivity index (χ4n) is 4.13. The number of likely N-dealkylation sites (N-methyl/N-ethyl adjacent to an activating group) is 1. The van der Waals surface area contributed by atoms with Crippen LogP contribution in [0.25, 0.3) is 10.8 Å². The maximum absolute atomic E-state index is 12.6. The molecule has 1 heterocycles. The number of carboxylic acid groups (broad SMARTS) is 1. The number of benzene rings is 2. The number of rotatable bonds is 7. The van der Waals surface area contributed by atoms with Crippen molar-refractivity contribution in [3.8, 4) is 0 Å². The third-order valence-corrected chi connectivity index (χ3v) is 5.82. The van der Waals surface area contributed by atoms with Gasteiger partial charge in [0.2, 0.25) is 5.91 Å². The highest BCUT2D eigenvalue weighted by Crippen LogP contribution is 2.20. The van der Waals surface area contributed by atoms with E-state index in [0.717, 1.165) is 37.9 Å². The van der Waals surface area contributed by atoms with Crippen LogP contribution in [0, 0.1) is 0 Å². The Morgan fingerprint density at radius 1 is 1.17 bits per heavy atom. The molecule has 0 aliphatic carbocycles. The topological polar surface area (TPSA) is 72.9 Å². The van der Waals surface area contributed by atoms with Crippen LogP contribution in [0.5, 0.6) is 0 Å². The molecule has 1 saturated heterocycles. The molecule has 1 fully saturated rings. The highest BCUT2D eigenvalue weighted by atomic mass is 35.5. The highest BCUT2D eigenvalue weighted by Gasteiger charge is 2.23. The fraction of sp³-hybridized carbons (Fsp3) is 0.478. The van der Waals surface area contributed by atoms with Crippen LogP contribution in [0.4, 0.5) is 0 Å². The average Bonchev–Trinajstić information content (AvgIpc) is 2.92. The van der Waals surface area contributed by atoms with Crippen LogP contribution in [0.15, 0.2) is 42.5 Å². The van der Waals surface area contributed by atoms with Gasteiger partial charge in [-0.15, -0.1) is 12.4 Å². The standard InChI is InChI=1S/C23H31N3O3.ClH/c1-17(19-10-9-18-6-3-4-7-20(18)14-19)24-22(27)15-26-12-5-8-21(11-13-26)25(2)16-23(28)29;/h3-4,6-7,9-10,14,17,21H,5,8,11-13,15-16H2,1-2H3,(H,24,27)(H,28,29);1H. The Hall–Kier alpha value is -2.15. The first kappa shape index (κ1) is 24.1. The van der Waals surface area contributed by atoms with Gasteiger partial charge in [-0.25, -0.2) is 0 Å². The Labute approximate surface area is 184 Å². The summed E-state index contributed by atoms with van der Waals surface area (Å²) in [6, 6.07) is 14.7. The minimum atomic E-state index is -0.796. The molecule has 0 radical (unpaired) electrons. The molecule has 0 saturated carbocycles. The van der Waals surface area contributed by atoms with E-state index in [2.05, 4.69) is 40.5 Å². The van der Waals surface area contributed by atoms with E-state index < -0.39 is 5.97 Å². The Balaban J connectivity index is 0.00000320. The summed E-state index contributed by atoms with van der Waals surface area (Å²) in [6.07, 6.45) is 2.83. The number of aliphatic carboxylic acids is 1. The first-order valence-electron chi connectivity index (χ1n) is 10.3. The zero-order valence-electron chi connectivity index (χ0n) is 17.7. The molecular weight excluding hydrogens is 402 g/mol. The predicted molar refractivity (Wildman–Crippen MR) is 122 cm³/mol. The fourth-order valence-corrected chi connectivity index (χ4v) is 4.13. The van der Waals surface area contributed by atoms with Crippen molar-refractivity contribution in [2.75, 3.05) is 33.2 Å². The van der Waals surface area contributed by atoms with Crippen molar-refractivity contribution in [2.24, 2.45) is 0 Å². The zero-order chi connectivity index (χ0) is 20.8. The molecular formula is C23H32ClN3O3. The molecule has 2 aromatic rings. The van der Waals surface area contributed by atoms with Crippen molar-refractivity contribution < 1.29 is 14.7 Å². The maximum atomic E-state index is 12.6. The van der Waals surface area contributed by atoms with Gasteiger partial charge < -0.3 is 10.4 Å². The summed E-state index contributed by atoms with van der Waals surface area (Å²) in [5.41, 5.74) is 1.10. The molecule has 1 aliphatic heterocycles. The Morgan fingerprint density at radius 2 is 1.90 bits per heavy atom. The minimum Gasteiger partial charge on any atom is -0.480 e. The summed E-state index contributed by atoms with van der Waals surface area (Å²) in [5, 5.41) is 14.5. The smallest absolute Gasteiger partial charge is 0.317 e. The molecule has 0 bridgehead atoms. The van der Waals surface area contributed by atoms with Gasteiger partial charge >= 0.3 is 5.97 Å². The third kappa shape index (κ3) is 6.69. The van der Waals surface area contributed by atoms with E-state index >= 15 is 0 Å². The molecule has 1 amide bonds. The lowest BCUT2D eigenvalue weighted by Crippen LogP contribution is -2.40. The van der Waals surface area contributed by atoms with E-state index in [1.165, 1.54) is 10.8 Å². The summed E-state index contributed by atoms with van der Waals surface area (Å²) in [5.74, 6) is -0.765. The van der Waals surface area contributed by atoms with Gasteiger partial charge in [-0.3, -0.25) is 19.4 Å². The second-order valence-electron chi connectivity index (χ2n) is 8.07. The van der Waals surface area contributed by atoms with Gasteiger partial charge in [-0.05, 0) is 62.2 Å². The molecule has 164 valence electrons. The summed E-state index contributed by atoms with van der Waals surface area (Å²) >= 11 is 0. The summed E-state index contributed by atoms with van der Waals surface area (Å²) in [4.78, 5) is 27.6. The van der Waals surface area contributed by atoms with Crippen LogP contribution >= 0.6 is 12.4 Å². The number of carbonyl (C=O) groups is 2. The van der Waals surface area contributed by atoms with Crippen molar-refractivity contribution in [1.82, 2.24) is 15.1 Å². The first-order valence-corrected chi connectivity index (χ1v) is 10.3. The number of hydrogen-bond donors (Lipinski definition) is 2. The van der Waals surface area contributed by atoms with Crippen LogP contribution < -0.4 is 5.32 Å². The van der Waals surface area contributed by atoms with Gasteiger partial charge in [-0.2, -0.15) is 0 Å². The number of carbonyl (C=O) groups excluding carboxylic acids is 1. The van der Waals surface area contributed by atoms with Crippen molar-refractivity contribution in [1.29, 1.82) is 0 Å². The normalized spacial score (nSPS) is 18.4. The lowest BCUT2D eigenvalue weighted by molar-refractivity contribution is -0.138. The highest BCUT2D eigenvalue weighted by molar-refractivity contribution is 5.85. The van der Waals surface area contributed by atoms with Crippen molar-refractivity contribution in [3.63, 3.8) is 0 Å². The lowest BCUT2D eigenvalue weighted by Gasteiger charge is -2.25. The molecule has 2 aromatic carbocycles. The minimum absolute atomic E-state index is 0. The second kappa shape index (κ2) is 11.3. The van der Waals surface area contributed by atoms with Gasteiger partial charge in [0, 0.05) is 12.6 Å². The van der Waals surface area contributed by atoms with Gasteiger partial charge in [0.1, 0.15) is 0 Å². The number of hydrogen-bond acceptors (Lipinski definition) is 4. The molecule has 0 spiro atoms. The zero-order valence-corrected chi connectivity index (χ0v) is 18.5. The van der Waals surface area contributed by atoms with Crippen LogP contribution in [0.3, 0.4) is 0 Å². The quantitative estimate of drug-likeness (QED) is 0.700. The molecule has 2 unspecified atom stereocenters. The van der Waals surface area contributed by atoms with Crippen molar-refractivity contribution >= 4 is 35.1 Å². The van der Waals surface area contributed by atoms with Gasteiger partial charge in [0.05, 0.1) is 19.1 Å². The van der Waals surface area contributed by atoms with E-state index in [1.54, 1.807) is 0 Å². The lowest BCUT2D eigenvalue weighted by atomic mass is 10.0. The first-order chi connectivity index (χ1) is 13.9. The van der Waals surface area contributed by atoms with E-state index in [4.69, 9.17) is 5.11 Å². The molecule has 2 N–H and O–H groups in total. The summed E-state index contributed by atoms with van der Waals surface area (Å²) < 4.78 is 0. The Bertz CT molecular complexity index is 860. The number of nitrogens with one attached hydrogen (secondary N) is 1. The molecule has 1 aliphatic rings. The number of carboxylic acids is 1. The number of amides is 1. The number of likely N-dealkylation sites (tertiary alicyclic amines) is 1. The largest absolute Gasteiger partial charge is 0.480 e. The maximum Gasteiger partial charge on any atom is 0.317 e. The number of nitrogens with zero attached hydrogens (tertiary/aromatic N) is 2. The van der Waals surface area contributed by atoms with Crippen LogP contribution in [-0.4, -0.2) is 66.1 Å². The van der Waals surface area contributed by atoms with E-state index in [1.807, 2.05) is 31.0 Å². The van der Waals surface area contributed by atoms with Crippen LogP contribution in [0.1, 0.15) is 37.8 Å². The van der Waals surface area contributed by atoms with Gasteiger partial charge in [0.25, 0.3) is 0 Å². The Kier molecular flexibility index (Phi) is 9.08. The predicted octanol–water partition coefficient (Wildman–Crippen LogP) is 3.31. The van der Waals surface area contributed by atoms with Crippen LogP contribution in [-0.2, 0) is 9.59 Å². The SMILES string of the molecule is CC(NC(=O)CN1CCCC(N(C)CC(=O)O)CC1)c1ccc2ccccc2c1.Cl. The van der Waals surface area contributed by atoms with Crippen LogP contribution in [0.2, 0.25) is 0 Å². The summed E-state index contributed by atoms with van der Waals surface area (Å²) in [7, 11) is 1.87. The molecule has 30 heavy (non-hydrogen) atoms. The second-order valence-corrected chi connectivity index (χ2v) is 8.07. The molecule has 6 nitrogen and oxygen atoms in total. The Morgan fingerprint density at radius 3 is 2.63 bits per heavy atom. The van der Waals surface area contributed by atoms with Gasteiger partial charge in [-0.1, -0.05) is 36.4 Å². The molecule has 3 rings (SSSR count). The summed E-state index contributed by atoms with van der Waals surface area (Å²) in [6.45, 7) is 4.14. The average molecular weight is 434 g/mol. The van der Waals surface area contributed by atoms with E-state index in [0.29, 0.717) is 6.54 Å². The molecule has 0 aromatic heterocycles. The van der Waals surface area contributed by atoms with E-state index in [-0.39, 0.29) is 36.9 Å². The molecule has 7 heteroatoms. The number of halogens is 1. The van der Waals surface area contributed by atoms with E-state index in [9.17, 15) is 9.59 Å². The molecule has 2 atom stereocenters. The monoisotopic (exact) mass is 433 g/mol.